The van der Waals surface area contributed by atoms with Crippen LogP contribution < -0.4 is 21.5 Å². The van der Waals surface area contributed by atoms with E-state index in [1.165, 1.54) is 22.2 Å². The van der Waals surface area contributed by atoms with E-state index in [1.807, 2.05) is 5.38 Å². The second-order valence-corrected chi connectivity index (χ2v) is 10.8. The summed E-state index contributed by atoms with van der Waals surface area (Å²) in [6.07, 6.45) is 3.06. The highest BCUT2D eigenvalue weighted by Gasteiger charge is 2.23. The molecular formula is C28H26ClN9O3S. The number of nitrogen functional groups attached to an aromatic ring is 1. The molecule has 4 aromatic heterocycles. The van der Waals surface area contributed by atoms with E-state index in [1.54, 1.807) is 61.2 Å². The predicted molar refractivity (Wildman–Crippen MR) is 163 cm³/mol. The normalized spacial score (nSPS) is 13.4. The van der Waals surface area contributed by atoms with E-state index in [-0.39, 0.29) is 11.4 Å². The summed E-state index contributed by atoms with van der Waals surface area (Å²) in [6.45, 7) is 4.63. The third-order valence-electron chi connectivity index (χ3n) is 6.96. The van der Waals surface area contributed by atoms with E-state index in [0.29, 0.717) is 58.1 Å². The van der Waals surface area contributed by atoms with Crippen molar-refractivity contribution < 1.29 is 9.53 Å². The van der Waals surface area contributed by atoms with E-state index in [9.17, 15) is 9.59 Å². The van der Waals surface area contributed by atoms with Gasteiger partial charge < -0.3 is 20.7 Å². The third kappa shape index (κ3) is 5.13. The molecule has 214 valence electrons. The SMILES string of the molecule is Cc1c(C(=O)Nc2ccc(-c3nc(-c4csc(N5CCOCC5)n4)cnc3N)nc2)c(=O)n(-c2ccccc2Cl)n1C. The van der Waals surface area contributed by atoms with Crippen LogP contribution in [0.1, 0.15) is 16.1 Å². The van der Waals surface area contributed by atoms with Gasteiger partial charge in [0, 0.05) is 25.5 Å². The maximum atomic E-state index is 13.3. The molecule has 0 aliphatic carbocycles. The van der Waals surface area contributed by atoms with Crippen LogP contribution >= 0.6 is 22.9 Å². The Morgan fingerprint density at radius 3 is 2.57 bits per heavy atom. The van der Waals surface area contributed by atoms with Gasteiger partial charge in [-0.15, -0.1) is 11.3 Å². The van der Waals surface area contributed by atoms with Crippen LogP contribution in [0.2, 0.25) is 5.02 Å². The molecule has 12 nitrogen and oxygen atoms in total. The number of aromatic nitrogens is 6. The van der Waals surface area contributed by atoms with Gasteiger partial charge in [-0.25, -0.2) is 19.6 Å². The van der Waals surface area contributed by atoms with Crippen molar-refractivity contribution in [3.05, 3.63) is 80.8 Å². The zero-order valence-electron chi connectivity index (χ0n) is 22.7. The molecule has 0 spiro atoms. The van der Waals surface area contributed by atoms with Gasteiger partial charge in [-0.1, -0.05) is 23.7 Å². The zero-order chi connectivity index (χ0) is 29.4. The summed E-state index contributed by atoms with van der Waals surface area (Å²) in [5.41, 5.74) is 9.17. The van der Waals surface area contributed by atoms with Gasteiger partial charge in [0.05, 0.1) is 53.4 Å². The van der Waals surface area contributed by atoms with E-state index >= 15 is 0 Å². The lowest BCUT2D eigenvalue weighted by Gasteiger charge is -2.25. The van der Waals surface area contributed by atoms with Crippen molar-refractivity contribution in [2.45, 2.75) is 6.92 Å². The number of hydrogen-bond donors (Lipinski definition) is 2. The van der Waals surface area contributed by atoms with Crippen LogP contribution in [0, 0.1) is 6.92 Å². The predicted octanol–water partition coefficient (Wildman–Crippen LogP) is 3.78. The van der Waals surface area contributed by atoms with Crippen molar-refractivity contribution in [3.8, 4) is 28.5 Å². The van der Waals surface area contributed by atoms with Gasteiger partial charge in [0.1, 0.15) is 22.6 Å². The van der Waals surface area contributed by atoms with Crippen LogP contribution in [0.3, 0.4) is 0 Å². The van der Waals surface area contributed by atoms with Crippen molar-refractivity contribution in [1.29, 1.82) is 0 Å². The highest BCUT2D eigenvalue weighted by Crippen LogP contribution is 2.30. The second-order valence-electron chi connectivity index (χ2n) is 9.54. The van der Waals surface area contributed by atoms with Gasteiger partial charge in [0.25, 0.3) is 11.5 Å². The number of morpholine rings is 1. The molecule has 6 rings (SSSR count). The molecule has 5 aromatic rings. The Morgan fingerprint density at radius 2 is 1.83 bits per heavy atom. The number of benzene rings is 1. The standard InChI is InChI=1S/C28H26ClN9O3S/c1-16-23(27(40)38(36(16)2)22-6-4-3-5-18(22)29)26(39)33-17-7-8-19(31-13-17)24-25(30)32-14-20(34-24)21-15-42-28(35-21)37-9-11-41-12-10-37/h3-8,13-15H,9-12H2,1-2H3,(H2,30,32)(H,33,39). The summed E-state index contributed by atoms with van der Waals surface area (Å²) in [5.74, 6) is -0.346. The van der Waals surface area contributed by atoms with Gasteiger partial charge in [0.2, 0.25) is 0 Å². The maximum Gasteiger partial charge on any atom is 0.284 e. The fourth-order valence-electron chi connectivity index (χ4n) is 4.66. The first-order valence-electron chi connectivity index (χ1n) is 13.0. The minimum Gasteiger partial charge on any atom is -0.382 e. The number of carbonyl (C=O) groups excluding carboxylic acids is 1. The monoisotopic (exact) mass is 603 g/mol. The summed E-state index contributed by atoms with van der Waals surface area (Å²) in [4.78, 5) is 46.9. The first-order valence-corrected chi connectivity index (χ1v) is 14.3. The van der Waals surface area contributed by atoms with Crippen LogP contribution in [-0.4, -0.2) is 61.5 Å². The van der Waals surface area contributed by atoms with Gasteiger partial charge >= 0.3 is 0 Å². The van der Waals surface area contributed by atoms with Gasteiger partial charge in [-0.05, 0) is 31.2 Å². The highest BCUT2D eigenvalue weighted by molar-refractivity contribution is 7.14. The highest BCUT2D eigenvalue weighted by atomic mass is 35.5. The van der Waals surface area contributed by atoms with Crippen LogP contribution in [0.15, 0.2) is 59.0 Å². The molecule has 1 aliphatic rings. The first-order chi connectivity index (χ1) is 20.3. The van der Waals surface area contributed by atoms with Crippen molar-refractivity contribution in [2.24, 2.45) is 7.05 Å². The lowest BCUT2D eigenvalue weighted by molar-refractivity contribution is 0.102. The largest absolute Gasteiger partial charge is 0.382 e. The Kier molecular flexibility index (Phi) is 7.45. The second kappa shape index (κ2) is 11.4. The lowest BCUT2D eigenvalue weighted by atomic mass is 10.2. The molecule has 0 radical (unpaired) electrons. The zero-order valence-corrected chi connectivity index (χ0v) is 24.3. The molecule has 3 N–H and O–H groups in total. The Labute approximate surface area is 249 Å². The Balaban J connectivity index is 1.22. The number of halogens is 1. The number of anilines is 3. The van der Waals surface area contributed by atoms with Crippen molar-refractivity contribution in [3.63, 3.8) is 0 Å². The average Bonchev–Trinajstić information content (AvgIpc) is 3.58. The smallest absolute Gasteiger partial charge is 0.284 e. The topological polar surface area (TPSA) is 146 Å². The molecule has 0 bridgehead atoms. The van der Waals surface area contributed by atoms with Gasteiger partial charge in [0.15, 0.2) is 10.9 Å². The van der Waals surface area contributed by atoms with E-state index < -0.39 is 11.5 Å². The number of carbonyl (C=O) groups is 1. The van der Waals surface area contributed by atoms with Crippen LogP contribution in [0.25, 0.3) is 28.5 Å². The fourth-order valence-corrected chi connectivity index (χ4v) is 5.75. The number of thiazole rings is 1. The quantitative estimate of drug-likeness (QED) is 0.296. The fraction of sp³-hybridized carbons (Fsp3) is 0.214. The van der Waals surface area contributed by atoms with Crippen molar-refractivity contribution in [1.82, 2.24) is 29.3 Å². The summed E-state index contributed by atoms with van der Waals surface area (Å²) >= 11 is 7.86. The van der Waals surface area contributed by atoms with Crippen LogP contribution in [0.4, 0.5) is 16.6 Å². The Hall–Kier alpha value is -4.59. The summed E-state index contributed by atoms with van der Waals surface area (Å²) in [7, 11) is 1.70. The molecule has 1 aliphatic heterocycles. The number of hydrogen-bond acceptors (Lipinski definition) is 10. The summed E-state index contributed by atoms with van der Waals surface area (Å²) in [6, 6.07) is 10.3. The number of rotatable bonds is 6. The van der Waals surface area contributed by atoms with Gasteiger partial charge in [-0.3, -0.25) is 19.3 Å². The minimum atomic E-state index is -0.561. The Morgan fingerprint density at radius 1 is 1.05 bits per heavy atom. The molecular weight excluding hydrogens is 578 g/mol. The maximum absolute atomic E-state index is 13.3. The summed E-state index contributed by atoms with van der Waals surface area (Å²) < 4.78 is 8.40. The number of para-hydroxylation sites is 1. The number of nitrogens with zero attached hydrogens (tertiary/aromatic N) is 7. The van der Waals surface area contributed by atoms with Crippen molar-refractivity contribution in [2.75, 3.05) is 42.3 Å². The van der Waals surface area contributed by atoms with Crippen LogP contribution in [0.5, 0.6) is 0 Å². The first kappa shape index (κ1) is 27.6. The average molecular weight is 604 g/mol. The Bertz CT molecular complexity index is 1840. The molecule has 0 unspecified atom stereocenters. The lowest BCUT2D eigenvalue weighted by Crippen LogP contribution is -2.36. The van der Waals surface area contributed by atoms with Crippen molar-refractivity contribution >= 4 is 45.5 Å². The minimum absolute atomic E-state index is 0.00372. The van der Waals surface area contributed by atoms with E-state index in [2.05, 4.69) is 25.2 Å². The van der Waals surface area contributed by atoms with Crippen LogP contribution in [-0.2, 0) is 11.8 Å². The molecule has 1 fully saturated rings. The number of nitrogens with one attached hydrogen (secondary N) is 1. The molecule has 5 heterocycles. The van der Waals surface area contributed by atoms with Gasteiger partial charge in [-0.2, -0.15) is 0 Å². The molecule has 42 heavy (non-hydrogen) atoms. The summed E-state index contributed by atoms with van der Waals surface area (Å²) in [5, 5.41) is 5.99. The van der Waals surface area contributed by atoms with E-state index in [4.69, 9.17) is 27.1 Å². The number of pyridine rings is 1. The number of nitrogens with two attached hydrogens (primary N) is 1. The third-order valence-corrected chi connectivity index (χ3v) is 8.18. The number of ether oxygens (including phenoxy) is 1. The molecule has 1 saturated heterocycles. The van der Waals surface area contributed by atoms with E-state index in [0.717, 1.165) is 18.2 Å². The molecule has 14 heteroatoms. The molecule has 1 amide bonds. The number of amides is 1. The molecule has 0 saturated carbocycles. The molecule has 0 atom stereocenters. The molecule has 1 aromatic carbocycles.